The van der Waals surface area contributed by atoms with E-state index in [4.69, 9.17) is 0 Å². The molecule has 0 aliphatic heterocycles. The molecule has 1 aliphatic rings. The van der Waals surface area contributed by atoms with Crippen molar-refractivity contribution in [1.29, 1.82) is 0 Å². The fourth-order valence-electron chi connectivity index (χ4n) is 2.45. The molecule has 0 aromatic carbocycles. The standard InChI is InChI=1S/C13H19FN2/c1-10-3-5-11(6-4-10)16(2)12-7-8-15-13(14)9-12/h7-11H,3-6H2,1-2H3. The summed E-state index contributed by atoms with van der Waals surface area (Å²) in [5.41, 5.74) is 0.937. The quantitative estimate of drug-likeness (QED) is 0.714. The highest BCUT2D eigenvalue weighted by Gasteiger charge is 2.22. The first-order valence-corrected chi connectivity index (χ1v) is 6.01. The summed E-state index contributed by atoms with van der Waals surface area (Å²) >= 11 is 0. The molecule has 1 aromatic heterocycles. The van der Waals surface area contributed by atoms with Crippen LogP contribution in [0.15, 0.2) is 18.3 Å². The highest BCUT2D eigenvalue weighted by Crippen LogP contribution is 2.29. The lowest BCUT2D eigenvalue weighted by molar-refractivity contribution is 0.340. The van der Waals surface area contributed by atoms with Crippen LogP contribution in [0.4, 0.5) is 10.1 Å². The fraction of sp³-hybridized carbons (Fsp3) is 0.615. The van der Waals surface area contributed by atoms with E-state index in [1.54, 1.807) is 0 Å². The Kier molecular flexibility index (Phi) is 3.42. The lowest BCUT2D eigenvalue weighted by atomic mass is 9.86. The summed E-state index contributed by atoms with van der Waals surface area (Å²) in [7, 11) is 2.05. The number of rotatable bonds is 2. The summed E-state index contributed by atoms with van der Waals surface area (Å²) in [6, 6.07) is 3.94. The van der Waals surface area contributed by atoms with Gasteiger partial charge in [0.1, 0.15) is 0 Å². The largest absolute Gasteiger partial charge is 0.371 e. The van der Waals surface area contributed by atoms with Crippen molar-refractivity contribution in [1.82, 2.24) is 4.98 Å². The van der Waals surface area contributed by atoms with Crippen LogP contribution in [0.1, 0.15) is 32.6 Å². The van der Waals surface area contributed by atoms with E-state index >= 15 is 0 Å². The molecule has 1 aromatic rings. The molecule has 1 saturated carbocycles. The minimum Gasteiger partial charge on any atom is -0.371 e. The smallest absolute Gasteiger partial charge is 0.214 e. The van der Waals surface area contributed by atoms with E-state index in [1.165, 1.54) is 37.9 Å². The lowest BCUT2D eigenvalue weighted by Crippen LogP contribution is -2.34. The molecule has 2 nitrogen and oxygen atoms in total. The molecule has 0 radical (unpaired) electrons. The number of aromatic nitrogens is 1. The van der Waals surface area contributed by atoms with E-state index in [0.29, 0.717) is 6.04 Å². The van der Waals surface area contributed by atoms with Crippen LogP contribution in [0.2, 0.25) is 0 Å². The van der Waals surface area contributed by atoms with Crippen molar-refractivity contribution >= 4 is 5.69 Å². The van der Waals surface area contributed by atoms with Crippen molar-refractivity contribution < 1.29 is 4.39 Å². The molecular formula is C13H19FN2. The number of anilines is 1. The van der Waals surface area contributed by atoms with E-state index in [9.17, 15) is 4.39 Å². The van der Waals surface area contributed by atoms with Crippen LogP contribution in [0.25, 0.3) is 0 Å². The second kappa shape index (κ2) is 4.81. The Bertz CT molecular complexity index is 346. The van der Waals surface area contributed by atoms with Crippen molar-refractivity contribution in [2.45, 2.75) is 38.6 Å². The Labute approximate surface area is 96.5 Å². The van der Waals surface area contributed by atoms with Gasteiger partial charge in [-0.25, -0.2) is 4.98 Å². The molecule has 0 amide bonds. The van der Waals surface area contributed by atoms with E-state index in [-0.39, 0.29) is 0 Å². The lowest BCUT2D eigenvalue weighted by Gasteiger charge is -2.35. The maximum atomic E-state index is 13.0. The molecule has 88 valence electrons. The molecular weight excluding hydrogens is 203 g/mol. The van der Waals surface area contributed by atoms with Gasteiger partial charge in [0, 0.05) is 31.0 Å². The van der Waals surface area contributed by atoms with Gasteiger partial charge >= 0.3 is 0 Å². The second-order valence-corrected chi connectivity index (χ2v) is 4.86. The second-order valence-electron chi connectivity index (χ2n) is 4.86. The van der Waals surface area contributed by atoms with Gasteiger partial charge in [0.25, 0.3) is 0 Å². The van der Waals surface area contributed by atoms with Crippen molar-refractivity contribution in [2.24, 2.45) is 5.92 Å². The zero-order valence-electron chi connectivity index (χ0n) is 9.99. The molecule has 0 bridgehead atoms. The number of halogens is 1. The van der Waals surface area contributed by atoms with E-state index in [1.807, 2.05) is 6.07 Å². The zero-order valence-corrected chi connectivity index (χ0v) is 9.99. The van der Waals surface area contributed by atoms with E-state index < -0.39 is 5.95 Å². The van der Waals surface area contributed by atoms with E-state index in [2.05, 4.69) is 23.9 Å². The monoisotopic (exact) mass is 222 g/mol. The topological polar surface area (TPSA) is 16.1 Å². The molecule has 0 N–H and O–H groups in total. The van der Waals surface area contributed by atoms with Gasteiger partial charge in [-0.1, -0.05) is 6.92 Å². The Balaban J connectivity index is 2.04. The van der Waals surface area contributed by atoms with Crippen molar-refractivity contribution in [3.63, 3.8) is 0 Å². The highest BCUT2D eigenvalue weighted by molar-refractivity contribution is 5.45. The Morgan fingerprint density at radius 2 is 2.00 bits per heavy atom. The van der Waals surface area contributed by atoms with Gasteiger partial charge in [-0.2, -0.15) is 4.39 Å². The average molecular weight is 222 g/mol. The molecule has 1 aliphatic carbocycles. The Morgan fingerprint density at radius 1 is 1.31 bits per heavy atom. The third-order valence-electron chi connectivity index (χ3n) is 3.65. The van der Waals surface area contributed by atoms with Crippen molar-refractivity contribution in [3.05, 3.63) is 24.3 Å². The van der Waals surface area contributed by atoms with Crippen LogP contribution < -0.4 is 4.90 Å². The first-order valence-electron chi connectivity index (χ1n) is 6.01. The Hall–Kier alpha value is -1.12. The summed E-state index contributed by atoms with van der Waals surface area (Å²) in [5, 5.41) is 0. The first kappa shape index (κ1) is 11.4. The number of pyridine rings is 1. The molecule has 2 rings (SSSR count). The number of hydrogen-bond acceptors (Lipinski definition) is 2. The third kappa shape index (κ3) is 2.52. The van der Waals surface area contributed by atoms with Gasteiger partial charge in [-0.3, -0.25) is 0 Å². The molecule has 0 atom stereocenters. The SMILES string of the molecule is CC1CCC(N(C)c2ccnc(F)c2)CC1. The predicted molar refractivity (Wildman–Crippen MR) is 64.0 cm³/mol. The molecule has 16 heavy (non-hydrogen) atoms. The minimum atomic E-state index is -0.395. The normalized spacial score (nSPS) is 25.4. The van der Waals surface area contributed by atoms with Gasteiger partial charge in [0.2, 0.25) is 5.95 Å². The first-order chi connectivity index (χ1) is 7.66. The Morgan fingerprint density at radius 3 is 2.62 bits per heavy atom. The number of hydrogen-bond donors (Lipinski definition) is 0. The molecule has 0 unspecified atom stereocenters. The molecule has 0 spiro atoms. The summed E-state index contributed by atoms with van der Waals surface area (Å²) in [5.74, 6) is 0.451. The van der Waals surface area contributed by atoms with Gasteiger partial charge in [-0.15, -0.1) is 0 Å². The third-order valence-corrected chi connectivity index (χ3v) is 3.65. The van der Waals surface area contributed by atoms with Crippen LogP contribution in [0.3, 0.4) is 0 Å². The van der Waals surface area contributed by atoms with Gasteiger partial charge in [0.05, 0.1) is 0 Å². The van der Waals surface area contributed by atoms with Gasteiger partial charge in [0.15, 0.2) is 0 Å². The van der Waals surface area contributed by atoms with Crippen LogP contribution >= 0.6 is 0 Å². The van der Waals surface area contributed by atoms with Crippen LogP contribution in [-0.4, -0.2) is 18.1 Å². The minimum absolute atomic E-state index is 0.395. The summed E-state index contributed by atoms with van der Waals surface area (Å²) in [6.07, 6.45) is 6.51. The summed E-state index contributed by atoms with van der Waals surface area (Å²) in [4.78, 5) is 5.78. The highest BCUT2D eigenvalue weighted by atomic mass is 19.1. The van der Waals surface area contributed by atoms with Crippen molar-refractivity contribution in [3.8, 4) is 0 Å². The maximum absolute atomic E-state index is 13.0. The fourth-order valence-corrected chi connectivity index (χ4v) is 2.45. The van der Waals surface area contributed by atoms with Crippen molar-refractivity contribution in [2.75, 3.05) is 11.9 Å². The van der Waals surface area contributed by atoms with Crippen LogP contribution in [0.5, 0.6) is 0 Å². The van der Waals surface area contributed by atoms with Gasteiger partial charge in [-0.05, 0) is 37.7 Å². The van der Waals surface area contributed by atoms with Crippen LogP contribution in [-0.2, 0) is 0 Å². The zero-order chi connectivity index (χ0) is 11.5. The van der Waals surface area contributed by atoms with Crippen LogP contribution in [0, 0.1) is 11.9 Å². The average Bonchev–Trinajstić information content (AvgIpc) is 2.29. The number of nitrogens with zero attached hydrogens (tertiary/aromatic N) is 2. The van der Waals surface area contributed by atoms with E-state index in [0.717, 1.165) is 11.6 Å². The molecule has 0 saturated heterocycles. The maximum Gasteiger partial charge on any atom is 0.214 e. The predicted octanol–water partition coefficient (Wildman–Crippen LogP) is 3.24. The molecule has 1 fully saturated rings. The summed E-state index contributed by atoms with van der Waals surface area (Å²) in [6.45, 7) is 2.31. The summed E-state index contributed by atoms with van der Waals surface area (Å²) < 4.78 is 13.0. The molecule has 1 heterocycles. The molecule has 3 heteroatoms. The van der Waals surface area contributed by atoms with Gasteiger partial charge < -0.3 is 4.90 Å².